The molecular formula is C13H8BrNO3S. The van der Waals surface area contributed by atoms with Gasteiger partial charge in [-0.15, -0.1) is 0 Å². The number of nitro groups is 1. The summed E-state index contributed by atoms with van der Waals surface area (Å²) >= 11 is 4.36. The van der Waals surface area contributed by atoms with E-state index in [1.54, 1.807) is 12.1 Å². The van der Waals surface area contributed by atoms with Gasteiger partial charge in [-0.25, -0.2) is 0 Å². The van der Waals surface area contributed by atoms with Gasteiger partial charge in [-0.05, 0) is 29.8 Å². The van der Waals surface area contributed by atoms with Crippen molar-refractivity contribution in [2.75, 3.05) is 0 Å². The summed E-state index contributed by atoms with van der Waals surface area (Å²) in [7, 11) is 0. The third-order valence-electron chi connectivity index (χ3n) is 2.39. The van der Waals surface area contributed by atoms with Crippen LogP contribution in [0, 0.1) is 10.1 Å². The molecule has 0 amide bonds. The van der Waals surface area contributed by atoms with Gasteiger partial charge in [-0.3, -0.25) is 14.9 Å². The average molecular weight is 338 g/mol. The molecule has 1 aromatic carbocycles. The normalized spacial score (nSPS) is 11.3. The second-order valence-corrected chi connectivity index (χ2v) is 5.67. The number of halogens is 1. The van der Waals surface area contributed by atoms with E-state index in [1.807, 2.05) is 24.3 Å². The third-order valence-corrected chi connectivity index (χ3v) is 3.91. The monoisotopic (exact) mass is 337 g/mol. The lowest BCUT2D eigenvalue weighted by atomic mass is 10.1. The lowest BCUT2D eigenvalue weighted by Crippen LogP contribution is -1.84. The number of carbonyl (C=O) groups excluding carboxylic acids is 1. The van der Waals surface area contributed by atoms with Crippen LogP contribution in [-0.2, 0) is 4.79 Å². The standard InChI is InChI=1S/C13H8BrNO3S/c14-11-3-1-9(2-4-11)10(8-16)7-12-5-6-13(19-12)15(17)18/h1-8H. The minimum Gasteiger partial charge on any atom is -0.298 e. The molecule has 19 heavy (non-hydrogen) atoms. The summed E-state index contributed by atoms with van der Waals surface area (Å²) in [5.41, 5.74) is 1.26. The molecule has 0 saturated heterocycles. The minimum atomic E-state index is -0.442. The first-order valence-corrected chi connectivity index (χ1v) is 6.88. The zero-order valence-corrected chi connectivity index (χ0v) is 12.0. The van der Waals surface area contributed by atoms with Crippen LogP contribution in [0.3, 0.4) is 0 Å². The molecule has 0 radical (unpaired) electrons. The first-order chi connectivity index (χ1) is 9.10. The molecule has 1 aromatic heterocycles. The first kappa shape index (κ1) is 13.6. The van der Waals surface area contributed by atoms with E-state index < -0.39 is 4.92 Å². The van der Waals surface area contributed by atoms with Crippen molar-refractivity contribution in [1.82, 2.24) is 0 Å². The zero-order chi connectivity index (χ0) is 13.8. The Hall–Kier alpha value is -1.79. The Morgan fingerprint density at radius 3 is 2.42 bits per heavy atom. The minimum absolute atomic E-state index is 0.0623. The Morgan fingerprint density at radius 1 is 1.21 bits per heavy atom. The van der Waals surface area contributed by atoms with Gasteiger partial charge in [-0.1, -0.05) is 39.4 Å². The molecule has 1 heterocycles. The Bertz CT molecular complexity index is 646. The summed E-state index contributed by atoms with van der Waals surface area (Å²) in [4.78, 5) is 22.0. The van der Waals surface area contributed by atoms with Gasteiger partial charge in [-0.2, -0.15) is 0 Å². The summed E-state index contributed by atoms with van der Waals surface area (Å²) in [5, 5.41) is 10.7. The van der Waals surface area contributed by atoms with Crippen LogP contribution < -0.4 is 0 Å². The number of hydrogen-bond donors (Lipinski definition) is 0. The smallest absolute Gasteiger partial charge is 0.298 e. The van der Waals surface area contributed by atoms with Crippen LogP contribution in [0.5, 0.6) is 0 Å². The van der Waals surface area contributed by atoms with Gasteiger partial charge < -0.3 is 0 Å². The topological polar surface area (TPSA) is 60.2 Å². The SMILES string of the molecule is O=CC(=Cc1ccc([N+](=O)[O-])s1)c1ccc(Br)cc1. The van der Waals surface area contributed by atoms with E-state index in [1.165, 1.54) is 6.07 Å². The van der Waals surface area contributed by atoms with E-state index in [2.05, 4.69) is 15.9 Å². The van der Waals surface area contributed by atoms with Crippen LogP contribution in [0.4, 0.5) is 5.00 Å². The molecule has 2 rings (SSSR count). The molecule has 0 bridgehead atoms. The number of rotatable bonds is 4. The lowest BCUT2D eigenvalue weighted by Gasteiger charge is -1.99. The van der Waals surface area contributed by atoms with Crippen molar-refractivity contribution in [2.24, 2.45) is 0 Å². The van der Waals surface area contributed by atoms with Crippen molar-refractivity contribution >= 4 is 50.2 Å². The van der Waals surface area contributed by atoms with Crippen molar-refractivity contribution in [3.8, 4) is 0 Å². The number of allylic oxidation sites excluding steroid dienone is 1. The van der Waals surface area contributed by atoms with Crippen molar-refractivity contribution in [3.05, 3.63) is 61.4 Å². The van der Waals surface area contributed by atoms with Crippen molar-refractivity contribution in [2.45, 2.75) is 0 Å². The molecular weight excluding hydrogens is 330 g/mol. The lowest BCUT2D eigenvalue weighted by molar-refractivity contribution is -0.380. The van der Waals surface area contributed by atoms with Crippen molar-refractivity contribution in [3.63, 3.8) is 0 Å². The van der Waals surface area contributed by atoms with Crippen molar-refractivity contribution < 1.29 is 9.72 Å². The summed E-state index contributed by atoms with van der Waals surface area (Å²) in [5.74, 6) is 0. The summed E-state index contributed by atoms with van der Waals surface area (Å²) in [6.45, 7) is 0. The number of nitrogens with zero attached hydrogens (tertiary/aromatic N) is 1. The highest BCUT2D eigenvalue weighted by Gasteiger charge is 2.09. The van der Waals surface area contributed by atoms with Crippen LogP contribution in [0.25, 0.3) is 11.6 Å². The van der Waals surface area contributed by atoms with Gasteiger partial charge in [0.15, 0.2) is 6.29 Å². The molecule has 0 N–H and O–H groups in total. The van der Waals surface area contributed by atoms with Gasteiger partial charge >= 0.3 is 5.00 Å². The number of thiophene rings is 1. The fourth-order valence-electron chi connectivity index (χ4n) is 1.50. The van der Waals surface area contributed by atoms with Crippen LogP contribution >= 0.6 is 27.3 Å². The van der Waals surface area contributed by atoms with Crippen LogP contribution in [0.1, 0.15) is 10.4 Å². The zero-order valence-electron chi connectivity index (χ0n) is 9.58. The van der Waals surface area contributed by atoms with Gasteiger partial charge in [0.2, 0.25) is 0 Å². The molecule has 0 spiro atoms. The largest absolute Gasteiger partial charge is 0.324 e. The number of carbonyl (C=O) groups is 1. The Morgan fingerprint density at radius 2 is 1.89 bits per heavy atom. The van der Waals surface area contributed by atoms with Crippen LogP contribution in [-0.4, -0.2) is 11.2 Å². The second kappa shape index (κ2) is 5.90. The fraction of sp³-hybridized carbons (Fsp3) is 0. The molecule has 96 valence electrons. The highest BCUT2D eigenvalue weighted by molar-refractivity contribution is 9.10. The molecule has 0 aliphatic heterocycles. The summed E-state index contributed by atoms with van der Waals surface area (Å²) < 4.78 is 0.924. The van der Waals surface area contributed by atoms with E-state index in [9.17, 15) is 14.9 Å². The molecule has 4 nitrogen and oxygen atoms in total. The molecule has 0 unspecified atom stereocenters. The first-order valence-electron chi connectivity index (χ1n) is 5.27. The number of benzene rings is 1. The second-order valence-electron chi connectivity index (χ2n) is 3.66. The number of aldehydes is 1. The predicted octanol–water partition coefficient (Wildman–Crippen LogP) is 4.16. The van der Waals surface area contributed by atoms with E-state index in [-0.39, 0.29) is 5.00 Å². The Labute approximate surface area is 121 Å². The maximum Gasteiger partial charge on any atom is 0.324 e. The predicted molar refractivity (Wildman–Crippen MR) is 79.1 cm³/mol. The highest BCUT2D eigenvalue weighted by Crippen LogP contribution is 2.27. The highest BCUT2D eigenvalue weighted by atomic mass is 79.9. The summed E-state index contributed by atoms with van der Waals surface area (Å²) in [6, 6.07) is 10.4. The van der Waals surface area contributed by atoms with E-state index in [0.717, 1.165) is 27.7 Å². The molecule has 0 aliphatic carbocycles. The van der Waals surface area contributed by atoms with Crippen molar-refractivity contribution in [1.29, 1.82) is 0 Å². The van der Waals surface area contributed by atoms with Gasteiger partial charge in [0.25, 0.3) is 0 Å². The molecule has 0 saturated carbocycles. The molecule has 0 aliphatic rings. The molecule has 6 heteroatoms. The average Bonchev–Trinajstić information content (AvgIpc) is 2.86. The molecule has 0 fully saturated rings. The Balaban J connectivity index is 2.34. The Kier molecular flexibility index (Phi) is 4.24. The summed E-state index contributed by atoms with van der Waals surface area (Å²) in [6.07, 6.45) is 2.39. The molecule has 0 atom stereocenters. The van der Waals surface area contributed by atoms with Crippen LogP contribution in [0.2, 0.25) is 0 Å². The molecule has 2 aromatic rings. The quantitative estimate of drug-likeness (QED) is 0.364. The third kappa shape index (κ3) is 3.36. The maximum absolute atomic E-state index is 11.1. The van der Waals surface area contributed by atoms with Gasteiger partial charge in [0.1, 0.15) is 0 Å². The maximum atomic E-state index is 11.1. The van der Waals surface area contributed by atoms with Gasteiger partial charge in [0, 0.05) is 21.0 Å². The number of hydrogen-bond acceptors (Lipinski definition) is 4. The van der Waals surface area contributed by atoms with Gasteiger partial charge in [0.05, 0.1) is 4.92 Å². The van der Waals surface area contributed by atoms with Crippen LogP contribution in [0.15, 0.2) is 40.9 Å². The van der Waals surface area contributed by atoms with E-state index >= 15 is 0 Å². The van der Waals surface area contributed by atoms with E-state index in [4.69, 9.17) is 0 Å². The van der Waals surface area contributed by atoms with E-state index in [0.29, 0.717) is 10.5 Å². The fourth-order valence-corrected chi connectivity index (χ4v) is 2.54.